The summed E-state index contributed by atoms with van der Waals surface area (Å²) in [6.07, 6.45) is 0. The van der Waals surface area contributed by atoms with Gasteiger partial charge < -0.3 is 0 Å². The van der Waals surface area contributed by atoms with Crippen LogP contribution in [0.25, 0.3) is 0 Å². The van der Waals surface area contributed by atoms with E-state index in [9.17, 15) is 0 Å². The number of hydrogen-bond donors (Lipinski definition) is 0. The molecule has 48 valence electrons. The Morgan fingerprint density at radius 3 is 1.78 bits per heavy atom. The van der Waals surface area contributed by atoms with Gasteiger partial charge in [0.2, 0.25) is 0 Å². The molecule has 0 aliphatic heterocycles. The SMILES string of the molecule is Cc1nc(C)nc(I)n1. The predicted octanol–water partition coefficient (Wildman–Crippen LogP) is 1.09. The number of hydrogen-bond acceptors (Lipinski definition) is 3. The fourth-order valence-electron chi connectivity index (χ4n) is 0.576. The molecule has 0 spiro atoms. The molecule has 0 saturated carbocycles. The molecule has 0 atom stereocenters. The van der Waals surface area contributed by atoms with Crippen molar-refractivity contribution in [1.29, 1.82) is 0 Å². The first-order valence-corrected chi connectivity index (χ1v) is 3.61. The van der Waals surface area contributed by atoms with Crippen LogP contribution in [0.3, 0.4) is 0 Å². The molecular weight excluding hydrogens is 229 g/mol. The van der Waals surface area contributed by atoms with Gasteiger partial charge in [-0.05, 0) is 13.8 Å². The van der Waals surface area contributed by atoms with Gasteiger partial charge in [0.1, 0.15) is 11.6 Å². The van der Waals surface area contributed by atoms with Crippen LogP contribution in [0.15, 0.2) is 0 Å². The second kappa shape index (κ2) is 2.55. The van der Waals surface area contributed by atoms with E-state index in [1.165, 1.54) is 0 Å². The first-order valence-electron chi connectivity index (χ1n) is 2.53. The lowest BCUT2D eigenvalue weighted by atomic mass is 10.6. The van der Waals surface area contributed by atoms with Crippen LogP contribution >= 0.6 is 22.6 Å². The summed E-state index contributed by atoms with van der Waals surface area (Å²) in [5.74, 6) is 1.57. The van der Waals surface area contributed by atoms with Crippen LogP contribution in [0.2, 0.25) is 0 Å². The Balaban J connectivity index is 3.17. The van der Waals surface area contributed by atoms with Gasteiger partial charge in [-0.1, -0.05) is 0 Å². The van der Waals surface area contributed by atoms with E-state index in [0.717, 1.165) is 15.5 Å². The van der Waals surface area contributed by atoms with Gasteiger partial charge in [-0.2, -0.15) is 0 Å². The standard InChI is InChI=1S/C5H6IN3/c1-3-7-4(2)9-5(6)8-3/h1-2H3. The van der Waals surface area contributed by atoms with Gasteiger partial charge in [-0.25, -0.2) is 15.0 Å². The van der Waals surface area contributed by atoms with Crippen molar-refractivity contribution in [2.75, 3.05) is 0 Å². The average molecular weight is 235 g/mol. The largest absolute Gasteiger partial charge is 0.219 e. The van der Waals surface area contributed by atoms with Crippen molar-refractivity contribution in [3.63, 3.8) is 0 Å². The third-order valence-electron chi connectivity index (χ3n) is 0.832. The quantitative estimate of drug-likeness (QED) is 0.632. The maximum Gasteiger partial charge on any atom is 0.194 e. The van der Waals surface area contributed by atoms with Crippen LogP contribution in [0.1, 0.15) is 11.6 Å². The number of halogens is 1. The third kappa shape index (κ3) is 1.85. The Labute approximate surface area is 67.1 Å². The number of nitrogens with zero attached hydrogens (tertiary/aromatic N) is 3. The molecule has 0 aliphatic carbocycles. The van der Waals surface area contributed by atoms with Crippen molar-refractivity contribution in [1.82, 2.24) is 15.0 Å². The topological polar surface area (TPSA) is 38.7 Å². The van der Waals surface area contributed by atoms with Crippen molar-refractivity contribution in [2.24, 2.45) is 0 Å². The molecule has 1 heterocycles. The molecule has 1 rings (SSSR count). The van der Waals surface area contributed by atoms with Crippen molar-refractivity contribution >= 4 is 22.6 Å². The lowest BCUT2D eigenvalue weighted by Gasteiger charge is -1.92. The van der Waals surface area contributed by atoms with E-state index >= 15 is 0 Å². The molecule has 0 amide bonds. The normalized spacial score (nSPS) is 9.67. The molecular formula is C5H6IN3. The molecule has 0 fully saturated rings. The summed E-state index contributed by atoms with van der Waals surface area (Å²) in [6, 6.07) is 0. The Kier molecular flexibility index (Phi) is 1.94. The predicted molar refractivity (Wildman–Crippen MR) is 42.0 cm³/mol. The second-order valence-corrected chi connectivity index (χ2v) is 2.66. The van der Waals surface area contributed by atoms with E-state index in [1.54, 1.807) is 0 Å². The summed E-state index contributed by atoms with van der Waals surface area (Å²) in [5.41, 5.74) is 0. The molecule has 0 radical (unpaired) electrons. The lowest BCUT2D eigenvalue weighted by molar-refractivity contribution is 0.891. The van der Waals surface area contributed by atoms with E-state index < -0.39 is 0 Å². The number of aromatic nitrogens is 3. The summed E-state index contributed by atoms with van der Waals surface area (Å²) in [5, 5.41) is 0. The molecule has 0 unspecified atom stereocenters. The van der Waals surface area contributed by atoms with E-state index in [1.807, 2.05) is 13.8 Å². The number of rotatable bonds is 0. The van der Waals surface area contributed by atoms with Gasteiger partial charge in [0.05, 0.1) is 0 Å². The molecule has 9 heavy (non-hydrogen) atoms. The van der Waals surface area contributed by atoms with Crippen LogP contribution < -0.4 is 0 Å². The maximum absolute atomic E-state index is 4.01. The average Bonchev–Trinajstić information content (AvgIpc) is 1.59. The summed E-state index contributed by atoms with van der Waals surface area (Å²) in [6.45, 7) is 3.72. The summed E-state index contributed by atoms with van der Waals surface area (Å²) >= 11 is 2.07. The highest BCUT2D eigenvalue weighted by Gasteiger charge is 1.93. The second-order valence-electron chi connectivity index (χ2n) is 1.70. The van der Waals surface area contributed by atoms with E-state index in [-0.39, 0.29) is 0 Å². The summed E-state index contributed by atoms with van der Waals surface area (Å²) in [7, 11) is 0. The molecule has 3 nitrogen and oxygen atoms in total. The molecule has 1 aromatic heterocycles. The van der Waals surface area contributed by atoms with Crippen LogP contribution in [-0.4, -0.2) is 15.0 Å². The van der Waals surface area contributed by atoms with Gasteiger partial charge in [0.25, 0.3) is 0 Å². The summed E-state index contributed by atoms with van der Waals surface area (Å²) < 4.78 is 0.762. The van der Waals surface area contributed by atoms with Crippen LogP contribution in [-0.2, 0) is 0 Å². The fourth-order valence-corrected chi connectivity index (χ4v) is 1.27. The Bertz CT molecular complexity index is 173. The Morgan fingerprint density at radius 2 is 1.44 bits per heavy atom. The molecule has 0 N–H and O–H groups in total. The van der Waals surface area contributed by atoms with E-state index in [0.29, 0.717) is 0 Å². The highest BCUT2D eigenvalue weighted by Crippen LogP contribution is 1.96. The third-order valence-corrected chi connectivity index (χ3v) is 1.31. The van der Waals surface area contributed by atoms with Crippen molar-refractivity contribution < 1.29 is 0 Å². The summed E-state index contributed by atoms with van der Waals surface area (Å²) in [4.78, 5) is 12.0. The van der Waals surface area contributed by atoms with Crippen molar-refractivity contribution in [3.8, 4) is 0 Å². The van der Waals surface area contributed by atoms with Crippen molar-refractivity contribution in [3.05, 3.63) is 15.5 Å². The molecule has 4 heteroatoms. The van der Waals surface area contributed by atoms with Gasteiger partial charge in [-0.3, -0.25) is 0 Å². The minimum absolute atomic E-state index is 0.762. The Morgan fingerprint density at radius 1 is 1.00 bits per heavy atom. The first-order chi connectivity index (χ1) is 4.18. The molecule has 0 aliphatic rings. The molecule has 0 saturated heterocycles. The van der Waals surface area contributed by atoms with Gasteiger partial charge >= 0.3 is 0 Å². The van der Waals surface area contributed by atoms with E-state index in [2.05, 4.69) is 37.5 Å². The van der Waals surface area contributed by atoms with Gasteiger partial charge in [0.15, 0.2) is 3.83 Å². The van der Waals surface area contributed by atoms with Crippen LogP contribution in [0.5, 0.6) is 0 Å². The lowest BCUT2D eigenvalue weighted by Crippen LogP contribution is -1.97. The molecule has 1 aromatic rings. The maximum atomic E-state index is 4.01. The first kappa shape index (κ1) is 6.85. The zero-order valence-corrected chi connectivity index (χ0v) is 7.38. The van der Waals surface area contributed by atoms with Gasteiger partial charge in [-0.15, -0.1) is 0 Å². The smallest absolute Gasteiger partial charge is 0.194 e. The highest BCUT2D eigenvalue weighted by molar-refractivity contribution is 14.1. The van der Waals surface area contributed by atoms with Crippen molar-refractivity contribution in [2.45, 2.75) is 13.8 Å². The zero-order valence-electron chi connectivity index (χ0n) is 5.22. The number of aryl methyl sites for hydroxylation is 2. The van der Waals surface area contributed by atoms with Crippen LogP contribution in [0.4, 0.5) is 0 Å². The minimum atomic E-state index is 0.762. The van der Waals surface area contributed by atoms with Gasteiger partial charge in [0, 0.05) is 22.6 Å². The zero-order chi connectivity index (χ0) is 6.85. The highest BCUT2D eigenvalue weighted by atomic mass is 127. The monoisotopic (exact) mass is 235 g/mol. The Hall–Kier alpha value is -0.260. The minimum Gasteiger partial charge on any atom is -0.219 e. The fraction of sp³-hybridized carbons (Fsp3) is 0.400. The molecule has 0 aromatic carbocycles. The van der Waals surface area contributed by atoms with Crippen LogP contribution in [0, 0.1) is 17.7 Å². The molecule has 0 bridgehead atoms. The van der Waals surface area contributed by atoms with E-state index in [4.69, 9.17) is 0 Å².